The van der Waals surface area contributed by atoms with Crippen LogP contribution in [0.15, 0.2) is 17.6 Å². The molecule has 0 unspecified atom stereocenters. The molecular formula is C8H14N4O2S. The van der Waals surface area contributed by atoms with E-state index >= 15 is 0 Å². The van der Waals surface area contributed by atoms with Crippen LogP contribution in [-0.4, -0.2) is 36.5 Å². The summed E-state index contributed by atoms with van der Waals surface area (Å²) in [6.07, 6.45) is 5.89. The number of nitrogens with one attached hydrogen (secondary N) is 2. The molecule has 1 saturated heterocycles. The summed E-state index contributed by atoms with van der Waals surface area (Å²) in [4.78, 5) is 8.80. The van der Waals surface area contributed by atoms with Gasteiger partial charge in [-0.05, 0) is 12.8 Å². The molecule has 2 N–H and O–H groups in total. The van der Waals surface area contributed by atoms with Crippen molar-refractivity contribution in [3.05, 3.63) is 12.5 Å². The van der Waals surface area contributed by atoms with Crippen molar-refractivity contribution >= 4 is 10.0 Å². The molecule has 2 heterocycles. The molecule has 1 aromatic rings. The quantitative estimate of drug-likeness (QED) is 0.771. The van der Waals surface area contributed by atoms with Gasteiger partial charge in [-0.25, -0.2) is 18.4 Å². The largest absolute Gasteiger partial charge is 0.335 e. The van der Waals surface area contributed by atoms with Crippen molar-refractivity contribution in [1.82, 2.24) is 19.8 Å². The highest BCUT2D eigenvalue weighted by Gasteiger charge is 2.20. The van der Waals surface area contributed by atoms with Gasteiger partial charge in [0.1, 0.15) is 0 Å². The first-order valence-electron chi connectivity index (χ1n) is 4.94. The lowest BCUT2D eigenvalue weighted by atomic mass is 10.2. The first kappa shape index (κ1) is 10.6. The molecule has 7 heteroatoms. The summed E-state index contributed by atoms with van der Waals surface area (Å²) in [5.74, 6) is 0. The van der Waals surface area contributed by atoms with Crippen molar-refractivity contribution in [2.45, 2.75) is 24.3 Å². The fraction of sp³-hybridized carbons (Fsp3) is 0.625. The van der Waals surface area contributed by atoms with Crippen LogP contribution in [0.2, 0.25) is 0 Å². The van der Waals surface area contributed by atoms with Gasteiger partial charge in [0.2, 0.25) is 0 Å². The Balaban J connectivity index is 2.04. The van der Waals surface area contributed by atoms with E-state index in [1.54, 1.807) is 5.01 Å². The van der Waals surface area contributed by atoms with E-state index in [9.17, 15) is 8.42 Å². The van der Waals surface area contributed by atoms with Gasteiger partial charge in [-0.3, -0.25) is 0 Å². The van der Waals surface area contributed by atoms with E-state index in [1.807, 2.05) is 0 Å². The van der Waals surface area contributed by atoms with Gasteiger partial charge in [-0.2, -0.15) is 0 Å². The molecule has 0 amide bonds. The molecule has 1 aromatic heterocycles. The van der Waals surface area contributed by atoms with E-state index in [2.05, 4.69) is 14.8 Å². The SMILES string of the molecule is O=S(=O)(NN1CCCCC1)c1cnc[nH]1. The molecule has 0 aromatic carbocycles. The lowest BCUT2D eigenvalue weighted by molar-refractivity contribution is 0.199. The summed E-state index contributed by atoms with van der Waals surface area (Å²) < 4.78 is 23.5. The Bertz CT molecular complexity index is 394. The van der Waals surface area contributed by atoms with Crippen LogP contribution < -0.4 is 4.83 Å². The predicted molar refractivity (Wildman–Crippen MR) is 54.3 cm³/mol. The zero-order chi connectivity index (χ0) is 10.7. The standard InChI is InChI=1S/C8H14N4O2S/c13-15(14,8-6-9-7-10-8)11-12-4-2-1-3-5-12/h6-7,11H,1-5H2,(H,9,10). The molecule has 6 nitrogen and oxygen atoms in total. The number of hydrogen-bond acceptors (Lipinski definition) is 4. The Morgan fingerprint density at radius 1 is 1.33 bits per heavy atom. The van der Waals surface area contributed by atoms with Gasteiger partial charge < -0.3 is 4.98 Å². The lowest BCUT2D eigenvalue weighted by Gasteiger charge is -2.26. The fourth-order valence-electron chi connectivity index (χ4n) is 1.59. The lowest BCUT2D eigenvalue weighted by Crippen LogP contribution is -2.44. The van der Waals surface area contributed by atoms with Crippen LogP contribution in [0.3, 0.4) is 0 Å². The Morgan fingerprint density at radius 3 is 2.67 bits per heavy atom. The van der Waals surface area contributed by atoms with Crippen molar-refractivity contribution in [3.8, 4) is 0 Å². The summed E-state index contributed by atoms with van der Waals surface area (Å²) in [6.45, 7) is 1.54. The molecule has 0 bridgehead atoms. The van der Waals surface area contributed by atoms with Gasteiger partial charge in [-0.15, -0.1) is 4.83 Å². The van der Waals surface area contributed by atoms with E-state index in [0.717, 1.165) is 25.9 Å². The van der Waals surface area contributed by atoms with E-state index in [-0.39, 0.29) is 5.03 Å². The summed E-state index contributed by atoms with van der Waals surface area (Å²) in [6, 6.07) is 0. The van der Waals surface area contributed by atoms with Crippen LogP contribution in [-0.2, 0) is 10.0 Å². The van der Waals surface area contributed by atoms with Gasteiger partial charge in [-0.1, -0.05) is 6.42 Å². The maximum atomic E-state index is 11.7. The predicted octanol–water partition coefficient (Wildman–Crippen LogP) is 0.0889. The third-order valence-corrected chi connectivity index (χ3v) is 3.67. The smallest absolute Gasteiger partial charge is 0.270 e. The Hall–Kier alpha value is -0.920. The number of aromatic amines is 1. The second kappa shape index (κ2) is 4.30. The zero-order valence-electron chi connectivity index (χ0n) is 8.31. The molecule has 2 rings (SSSR count). The summed E-state index contributed by atoms with van der Waals surface area (Å²) in [5.41, 5.74) is 0. The van der Waals surface area contributed by atoms with Crippen LogP contribution in [0.25, 0.3) is 0 Å². The highest BCUT2D eigenvalue weighted by Crippen LogP contribution is 2.09. The van der Waals surface area contributed by atoms with Crippen molar-refractivity contribution in [2.75, 3.05) is 13.1 Å². The van der Waals surface area contributed by atoms with Crippen molar-refractivity contribution in [3.63, 3.8) is 0 Å². The molecular weight excluding hydrogens is 216 g/mol. The number of H-pyrrole nitrogens is 1. The summed E-state index contributed by atoms with van der Waals surface area (Å²) in [5, 5.41) is 1.84. The number of hydrazine groups is 1. The molecule has 1 aliphatic heterocycles. The average Bonchev–Trinajstić information content (AvgIpc) is 2.71. The Labute approximate surface area is 88.7 Å². The van der Waals surface area contributed by atoms with E-state index in [4.69, 9.17) is 0 Å². The minimum atomic E-state index is -3.46. The number of aromatic nitrogens is 2. The number of nitrogens with zero attached hydrogens (tertiary/aromatic N) is 2. The van der Waals surface area contributed by atoms with Crippen molar-refractivity contribution in [2.24, 2.45) is 0 Å². The molecule has 0 radical (unpaired) electrons. The van der Waals surface area contributed by atoms with Crippen LogP contribution in [0.4, 0.5) is 0 Å². The van der Waals surface area contributed by atoms with Gasteiger partial charge in [0.25, 0.3) is 10.0 Å². The van der Waals surface area contributed by atoms with Gasteiger partial charge in [0.15, 0.2) is 5.03 Å². The first-order chi connectivity index (χ1) is 7.18. The van der Waals surface area contributed by atoms with Gasteiger partial charge in [0, 0.05) is 13.1 Å². The molecule has 0 spiro atoms. The molecule has 0 atom stereocenters. The van der Waals surface area contributed by atoms with E-state index < -0.39 is 10.0 Å². The Morgan fingerprint density at radius 2 is 2.07 bits per heavy atom. The van der Waals surface area contributed by atoms with Crippen LogP contribution in [0.5, 0.6) is 0 Å². The molecule has 84 valence electrons. The second-order valence-corrected chi connectivity index (χ2v) is 5.19. The monoisotopic (exact) mass is 230 g/mol. The molecule has 0 aliphatic carbocycles. The van der Waals surface area contributed by atoms with Gasteiger partial charge >= 0.3 is 0 Å². The zero-order valence-corrected chi connectivity index (χ0v) is 9.13. The summed E-state index contributed by atoms with van der Waals surface area (Å²) in [7, 11) is -3.46. The number of sulfonamides is 1. The maximum Gasteiger partial charge on any atom is 0.270 e. The van der Waals surface area contributed by atoms with E-state index in [1.165, 1.54) is 18.9 Å². The molecule has 1 aliphatic rings. The van der Waals surface area contributed by atoms with Crippen molar-refractivity contribution < 1.29 is 8.42 Å². The highest BCUT2D eigenvalue weighted by molar-refractivity contribution is 7.89. The maximum absolute atomic E-state index is 11.7. The number of imidazole rings is 1. The highest BCUT2D eigenvalue weighted by atomic mass is 32.2. The number of rotatable bonds is 3. The van der Waals surface area contributed by atoms with E-state index in [0.29, 0.717) is 0 Å². The third-order valence-electron chi connectivity index (χ3n) is 2.37. The fourth-order valence-corrected chi connectivity index (χ4v) is 2.62. The third kappa shape index (κ3) is 2.55. The minimum Gasteiger partial charge on any atom is -0.335 e. The molecule has 15 heavy (non-hydrogen) atoms. The topological polar surface area (TPSA) is 78.1 Å². The first-order valence-corrected chi connectivity index (χ1v) is 6.42. The van der Waals surface area contributed by atoms with Crippen LogP contribution in [0, 0.1) is 0 Å². The molecule has 1 fully saturated rings. The second-order valence-electron chi connectivity index (χ2n) is 3.56. The molecule has 0 saturated carbocycles. The Kier molecular flexibility index (Phi) is 3.03. The average molecular weight is 230 g/mol. The number of hydrogen-bond donors (Lipinski definition) is 2. The normalized spacial score (nSPS) is 19.2. The van der Waals surface area contributed by atoms with Crippen molar-refractivity contribution in [1.29, 1.82) is 0 Å². The summed E-state index contributed by atoms with van der Waals surface area (Å²) >= 11 is 0. The van der Waals surface area contributed by atoms with Crippen LogP contribution >= 0.6 is 0 Å². The van der Waals surface area contributed by atoms with Crippen LogP contribution in [0.1, 0.15) is 19.3 Å². The number of piperidine rings is 1. The minimum absolute atomic E-state index is 0.105. The van der Waals surface area contributed by atoms with Gasteiger partial charge in [0.05, 0.1) is 12.5 Å².